The lowest BCUT2D eigenvalue weighted by Gasteiger charge is -2.50. The third kappa shape index (κ3) is 3.57. The number of likely N-dealkylation sites (tertiary alicyclic amines) is 1. The summed E-state index contributed by atoms with van der Waals surface area (Å²) in [6.45, 7) is 1.31. The lowest BCUT2D eigenvalue weighted by atomic mass is 9.73. The Labute approximate surface area is 167 Å². The Hall–Kier alpha value is -2.93. The van der Waals surface area contributed by atoms with Crippen molar-refractivity contribution in [2.24, 2.45) is 5.41 Å². The molecular formula is C21H22N4O2S. The minimum Gasteiger partial charge on any atom is -0.357 e. The molecule has 0 saturated carbocycles. The van der Waals surface area contributed by atoms with Crippen LogP contribution in [0.15, 0.2) is 59.6 Å². The number of carbonyl (C=O) groups excluding carboxylic acids is 2. The van der Waals surface area contributed by atoms with Crippen molar-refractivity contribution in [3.05, 3.63) is 76.5 Å². The average Bonchev–Trinajstić information content (AvgIpc) is 3.38. The molecule has 0 spiro atoms. The first-order chi connectivity index (χ1) is 13.6. The van der Waals surface area contributed by atoms with Crippen LogP contribution in [0.3, 0.4) is 0 Å². The first-order valence-corrected chi connectivity index (χ1v) is 10.1. The summed E-state index contributed by atoms with van der Waals surface area (Å²) in [6, 6.07) is 13.6. The summed E-state index contributed by atoms with van der Waals surface area (Å²) in [5, 5.41) is 1.95. The van der Waals surface area contributed by atoms with Gasteiger partial charge in [0.15, 0.2) is 0 Å². The van der Waals surface area contributed by atoms with Crippen LogP contribution in [-0.4, -0.2) is 51.7 Å². The van der Waals surface area contributed by atoms with Crippen LogP contribution in [-0.2, 0) is 17.8 Å². The van der Waals surface area contributed by atoms with Gasteiger partial charge in [-0.1, -0.05) is 30.3 Å². The maximum Gasteiger partial charge on any atom is 0.270 e. The highest BCUT2D eigenvalue weighted by molar-refractivity contribution is 7.07. The zero-order valence-corrected chi connectivity index (χ0v) is 16.5. The molecule has 1 fully saturated rings. The van der Waals surface area contributed by atoms with Gasteiger partial charge in [-0.3, -0.25) is 9.59 Å². The minimum absolute atomic E-state index is 0.0555. The van der Waals surface area contributed by atoms with Gasteiger partial charge in [-0.25, -0.2) is 4.98 Å². The Morgan fingerprint density at radius 3 is 2.64 bits per heavy atom. The van der Waals surface area contributed by atoms with E-state index in [2.05, 4.69) is 9.97 Å². The summed E-state index contributed by atoms with van der Waals surface area (Å²) < 4.78 is 0. The Morgan fingerprint density at radius 1 is 1.21 bits per heavy atom. The van der Waals surface area contributed by atoms with Crippen molar-refractivity contribution in [2.75, 3.05) is 20.1 Å². The summed E-state index contributed by atoms with van der Waals surface area (Å²) in [5.74, 6) is -0.0106. The smallest absolute Gasteiger partial charge is 0.270 e. The second kappa shape index (κ2) is 7.59. The molecule has 6 nitrogen and oxygen atoms in total. The van der Waals surface area contributed by atoms with Crippen molar-refractivity contribution >= 4 is 23.2 Å². The molecular weight excluding hydrogens is 372 g/mol. The Balaban J connectivity index is 1.53. The highest BCUT2D eigenvalue weighted by Crippen LogP contribution is 2.37. The first-order valence-electron chi connectivity index (χ1n) is 9.17. The highest BCUT2D eigenvalue weighted by atomic mass is 32.1. The molecule has 2 aromatic heterocycles. The van der Waals surface area contributed by atoms with Gasteiger partial charge in [0.05, 0.1) is 23.2 Å². The normalized spacial score (nSPS) is 15.1. The Morgan fingerprint density at radius 2 is 2.00 bits per heavy atom. The van der Waals surface area contributed by atoms with Gasteiger partial charge >= 0.3 is 0 Å². The van der Waals surface area contributed by atoms with E-state index in [4.69, 9.17) is 0 Å². The van der Waals surface area contributed by atoms with Crippen molar-refractivity contribution in [3.8, 4) is 0 Å². The van der Waals surface area contributed by atoms with Crippen LogP contribution in [0.4, 0.5) is 0 Å². The van der Waals surface area contributed by atoms with Crippen molar-refractivity contribution in [2.45, 2.75) is 13.0 Å². The van der Waals surface area contributed by atoms with Crippen LogP contribution in [0.1, 0.15) is 21.7 Å². The number of aromatic nitrogens is 2. The number of aromatic amines is 1. The molecule has 1 N–H and O–H groups in total. The zero-order valence-electron chi connectivity index (χ0n) is 15.7. The van der Waals surface area contributed by atoms with E-state index in [0.717, 1.165) is 11.3 Å². The second-order valence-electron chi connectivity index (χ2n) is 7.33. The maximum atomic E-state index is 13.4. The summed E-state index contributed by atoms with van der Waals surface area (Å²) in [6.07, 6.45) is 2.35. The number of nitrogens with zero attached hydrogens (tertiary/aromatic N) is 3. The average molecular weight is 395 g/mol. The van der Waals surface area contributed by atoms with Gasteiger partial charge in [-0.2, -0.15) is 0 Å². The van der Waals surface area contributed by atoms with E-state index in [1.807, 2.05) is 42.8 Å². The third-order valence-corrected chi connectivity index (χ3v) is 5.81. The molecule has 7 heteroatoms. The first kappa shape index (κ1) is 18.4. The highest BCUT2D eigenvalue weighted by Gasteiger charge is 2.52. The van der Waals surface area contributed by atoms with Gasteiger partial charge < -0.3 is 14.8 Å². The number of thiazole rings is 1. The standard InChI is InChI=1S/C21H22N4O2S/c1-24(11-17-12-28-15-23-17)20(27)21(10-16-6-3-2-4-7-16)13-25(14-21)19(26)18-8-5-9-22-18/h2-9,12,15,22H,10-11,13-14H2,1H3. The maximum absolute atomic E-state index is 13.4. The van der Waals surface area contributed by atoms with E-state index in [9.17, 15) is 9.59 Å². The van der Waals surface area contributed by atoms with Crippen LogP contribution < -0.4 is 0 Å². The van der Waals surface area contributed by atoms with Crippen molar-refractivity contribution in [1.29, 1.82) is 0 Å². The fourth-order valence-corrected chi connectivity index (χ4v) is 4.36. The quantitative estimate of drug-likeness (QED) is 0.699. The Kier molecular flexibility index (Phi) is 5.00. The summed E-state index contributed by atoms with van der Waals surface area (Å²) >= 11 is 1.52. The third-order valence-electron chi connectivity index (χ3n) is 5.17. The fourth-order valence-electron chi connectivity index (χ4n) is 3.81. The van der Waals surface area contributed by atoms with E-state index in [0.29, 0.717) is 31.7 Å². The number of amides is 2. The molecule has 1 aromatic carbocycles. The van der Waals surface area contributed by atoms with E-state index in [1.54, 1.807) is 33.6 Å². The van der Waals surface area contributed by atoms with Crippen LogP contribution in [0.25, 0.3) is 0 Å². The summed E-state index contributed by atoms with van der Waals surface area (Å²) in [7, 11) is 1.81. The SMILES string of the molecule is CN(Cc1cscn1)C(=O)C1(Cc2ccccc2)CN(C(=O)c2ccc[nH]2)C1. The van der Waals surface area contributed by atoms with Gasteiger partial charge in [0.2, 0.25) is 5.91 Å². The molecule has 0 aliphatic carbocycles. The predicted octanol–water partition coefficient (Wildman–Crippen LogP) is 2.81. The zero-order chi connectivity index (χ0) is 19.6. The van der Waals surface area contributed by atoms with Crippen molar-refractivity contribution in [3.63, 3.8) is 0 Å². The van der Waals surface area contributed by atoms with Gasteiger partial charge in [0.25, 0.3) is 5.91 Å². The predicted molar refractivity (Wildman–Crippen MR) is 108 cm³/mol. The number of H-pyrrole nitrogens is 1. The number of hydrogen-bond donors (Lipinski definition) is 1. The molecule has 0 radical (unpaired) electrons. The van der Waals surface area contributed by atoms with E-state index < -0.39 is 5.41 Å². The molecule has 3 aromatic rings. The summed E-state index contributed by atoms with van der Waals surface area (Å²) in [4.78, 5) is 36.7. The topological polar surface area (TPSA) is 69.3 Å². The molecule has 0 atom stereocenters. The van der Waals surface area contributed by atoms with E-state index >= 15 is 0 Å². The lowest BCUT2D eigenvalue weighted by Crippen LogP contribution is -2.65. The van der Waals surface area contributed by atoms with Crippen LogP contribution in [0.5, 0.6) is 0 Å². The van der Waals surface area contributed by atoms with Gasteiger partial charge in [-0.05, 0) is 24.1 Å². The van der Waals surface area contributed by atoms with E-state index in [1.165, 1.54) is 11.3 Å². The minimum atomic E-state index is -0.603. The monoisotopic (exact) mass is 394 g/mol. The van der Waals surface area contributed by atoms with Crippen LogP contribution >= 0.6 is 11.3 Å². The lowest BCUT2D eigenvalue weighted by molar-refractivity contribution is -0.150. The van der Waals surface area contributed by atoms with E-state index in [-0.39, 0.29) is 11.8 Å². The fraction of sp³-hybridized carbons (Fsp3) is 0.286. The molecule has 1 saturated heterocycles. The van der Waals surface area contributed by atoms with Crippen LogP contribution in [0, 0.1) is 5.41 Å². The number of carbonyl (C=O) groups is 2. The van der Waals surface area contributed by atoms with Gasteiger partial charge in [0.1, 0.15) is 5.69 Å². The van der Waals surface area contributed by atoms with Gasteiger partial charge in [0, 0.05) is 31.7 Å². The molecule has 1 aliphatic rings. The largest absolute Gasteiger partial charge is 0.357 e. The number of rotatable bonds is 6. The molecule has 144 valence electrons. The van der Waals surface area contributed by atoms with Crippen molar-refractivity contribution < 1.29 is 9.59 Å². The molecule has 28 heavy (non-hydrogen) atoms. The molecule has 0 bridgehead atoms. The Bertz CT molecular complexity index is 932. The number of benzene rings is 1. The van der Waals surface area contributed by atoms with Crippen molar-refractivity contribution in [1.82, 2.24) is 19.8 Å². The molecule has 4 rings (SSSR count). The number of nitrogens with one attached hydrogen (secondary N) is 1. The molecule has 2 amide bonds. The molecule has 1 aliphatic heterocycles. The molecule has 0 unspecified atom stereocenters. The van der Waals surface area contributed by atoms with Gasteiger partial charge in [-0.15, -0.1) is 11.3 Å². The molecule has 3 heterocycles. The second-order valence-corrected chi connectivity index (χ2v) is 8.05. The summed E-state index contributed by atoms with van der Waals surface area (Å²) in [5.41, 5.74) is 3.71. The van der Waals surface area contributed by atoms with Crippen LogP contribution in [0.2, 0.25) is 0 Å². The number of hydrogen-bond acceptors (Lipinski definition) is 4.